The summed E-state index contributed by atoms with van der Waals surface area (Å²) >= 11 is 0. The van der Waals surface area contributed by atoms with E-state index in [-0.39, 0.29) is 54.9 Å². The van der Waals surface area contributed by atoms with Crippen molar-refractivity contribution in [2.45, 2.75) is 373 Å². The van der Waals surface area contributed by atoms with E-state index in [0.29, 0.717) is 26.1 Å². The van der Waals surface area contributed by atoms with Gasteiger partial charge in [0.05, 0.1) is 43.5 Å². The number of allylic oxidation sites excluding steroid dienone is 2. The fourth-order valence-corrected chi connectivity index (χ4v) is 11.9. The summed E-state index contributed by atoms with van der Waals surface area (Å²) in [6.45, 7) is 16.0. The Morgan fingerprint density at radius 3 is 1.52 bits per heavy atom. The van der Waals surface area contributed by atoms with Gasteiger partial charge in [-0.25, -0.2) is 0 Å². The van der Waals surface area contributed by atoms with Crippen LogP contribution in [0.3, 0.4) is 0 Å². The number of ketones is 1. The monoisotopic (exact) mass is 1130 g/mol. The molecule has 2 aliphatic heterocycles. The van der Waals surface area contributed by atoms with Gasteiger partial charge in [0.1, 0.15) is 30.1 Å². The molecule has 0 aromatic heterocycles. The van der Waals surface area contributed by atoms with Gasteiger partial charge in [-0.2, -0.15) is 0 Å². The van der Waals surface area contributed by atoms with E-state index in [4.69, 9.17) is 28.4 Å². The number of carbonyl (C=O) groups excluding carboxylic acids is 3. The van der Waals surface area contributed by atoms with Gasteiger partial charge in [-0.1, -0.05) is 233 Å². The zero-order valence-corrected chi connectivity index (χ0v) is 53.2. The summed E-state index contributed by atoms with van der Waals surface area (Å²) in [6, 6.07) is -1.28. The van der Waals surface area contributed by atoms with Gasteiger partial charge in [0, 0.05) is 39.1 Å². The first-order valence-electron chi connectivity index (χ1n) is 34.2. The van der Waals surface area contributed by atoms with Crippen LogP contribution >= 0.6 is 0 Å². The van der Waals surface area contributed by atoms with Crippen LogP contribution < -0.4 is 10.6 Å². The third-order valence-corrected chi connectivity index (χ3v) is 17.1. The first-order chi connectivity index (χ1) is 39.0. The first kappa shape index (κ1) is 74.2. The average Bonchev–Trinajstić information content (AvgIpc) is 3.44. The van der Waals surface area contributed by atoms with Gasteiger partial charge in [0.25, 0.3) is 0 Å². The molecule has 0 aromatic carbocycles. The van der Waals surface area contributed by atoms with Crippen molar-refractivity contribution in [3.05, 3.63) is 12.2 Å². The molecule has 0 aliphatic carbocycles. The molecule has 2 amide bonds. The molecule has 12 nitrogen and oxygen atoms in total. The van der Waals surface area contributed by atoms with Crippen LogP contribution in [0.25, 0.3) is 0 Å². The van der Waals surface area contributed by atoms with Crippen molar-refractivity contribution in [2.75, 3.05) is 26.9 Å². The molecule has 0 saturated carbocycles. The van der Waals surface area contributed by atoms with E-state index in [2.05, 4.69) is 64.3 Å². The molecule has 3 N–H and O–H groups in total. The molecule has 2 aliphatic rings. The molecule has 11 atom stereocenters. The summed E-state index contributed by atoms with van der Waals surface area (Å²) in [5.41, 5.74) is 0. The van der Waals surface area contributed by atoms with Crippen LogP contribution in [0.1, 0.15) is 312 Å². The first-order valence-corrected chi connectivity index (χ1v) is 34.2. The fourth-order valence-electron chi connectivity index (χ4n) is 11.9. The predicted octanol–water partition coefficient (Wildman–Crippen LogP) is 16.5. The van der Waals surface area contributed by atoms with Crippen LogP contribution in [-0.2, 0) is 42.8 Å². The Hall–Kier alpha value is -1.93. The van der Waals surface area contributed by atoms with Crippen LogP contribution in [0, 0.1) is 5.92 Å². The van der Waals surface area contributed by atoms with E-state index in [0.717, 1.165) is 83.5 Å². The number of methoxy groups -OCH3 is 1. The fraction of sp³-hybridized carbons (Fsp3) is 0.926. The second-order valence-corrected chi connectivity index (χ2v) is 24.3. The van der Waals surface area contributed by atoms with Gasteiger partial charge in [-0.15, -0.1) is 0 Å². The van der Waals surface area contributed by atoms with E-state index in [1.54, 1.807) is 7.11 Å². The average molecular weight is 1130 g/mol. The summed E-state index contributed by atoms with van der Waals surface area (Å²) in [4.78, 5) is 40.6. The zero-order valence-electron chi connectivity index (χ0n) is 53.2. The van der Waals surface area contributed by atoms with Gasteiger partial charge in [-0.3, -0.25) is 14.4 Å². The lowest BCUT2D eigenvalue weighted by atomic mass is 9.87. The number of Topliss-reactive ketones (excluding diaryl/α,β-unsaturated/α-hetero) is 1. The Bertz CT molecular complexity index is 1500. The number of rotatable bonds is 54. The minimum atomic E-state index is -1.15. The largest absolute Gasteiger partial charge is 0.388 e. The maximum absolute atomic E-state index is 14.0. The van der Waals surface area contributed by atoms with Crippen molar-refractivity contribution < 1.29 is 47.9 Å². The van der Waals surface area contributed by atoms with Crippen LogP contribution in [0.2, 0.25) is 0 Å². The van der Waals surface area contributed by atoms with Crippen molar-refractivity contribution in [1.82, 2.24) is 10.6 Å². The van der Waals surface area contributed by atoms with Gasteiger partial charge in [0.2, 0.25) is 11.8 Å². The minimum Gasteiger partial charge on any atom is -0.388 e. The molecular weight excluding hydrogens is 1000 g/mol. The third kappa shape index (κ3) is 34.7. The second kappa shape index (κ2) is 50.4. The van der Waals surface area contributed by atoms with Crippen molar-refractivity contribution >= 4 is 17.6 Å². The molecule has 0 bridgehead atoms. The standard InChI is InChI=1S/C68H128N2O10/c1-9-14-18-22-25-28-29-30-31-32-33-35-37-41-45-49-61(72)69-64-66(77-52-50-58(75-8)48-44-39-21-17-12-4)55(6)59(13-5)80-68(64)78-54-60-65(74)67(76-51-46-42-38-27-24-20-16-11-3)63(56(7)79-60)70-62(73)53-57(71)47-43-40-36-34-26-23-19-15-10-2/h28-29,55-56,58-60,63-68,74H,9-27,30-54H2,1-8H3,(H,69,72)(H,70,73)/b29-28-/t55-,56+,58?,59-,60-,63?,64?,65?,66?,67?,68?/m1/s1. The van der Waals surface area contributed by atoms with Crippen LogP contribution in [-0.4, -0.2) is 111 Å². The van der Waals surface area contributed by atoms with E-state index >= 15 is 0 Å². The highest BCUT2D eigenvalue weighted by Gasteiger charge is 2.48. The Labute approximate surface area is 492 Å². The summed E-state index contributed by atoms with van der Waals surface area (Å²) in [5.74, 6) is -0.527. The number of amides is 2. The minimum absolute atomic E-state index is 0.0330. The lowest BCUT2D eigenvalue weighted by Gasteiger charge is -2.47. The molecule has 0 spiro atoms. The number of unbranched alkanes of at least 4 members (excludes halogenated alkanes) is 30. The van der Waals surface area contributed by atoms with Gasteiger partial charge in [0.15, 0.2) is 6.29 Å². The molecule has 2 saturated heterocycles. The van der Waals surface area contributed by atoms with Crippen molar-refractivity contribution in [2.24, 2.45) is 5.92 Å². The zero-order chi connectivity index (χ0) is 58.3. The number of aliphatic hydroxyl groups is 1. The van der Waals surface area contributed by atoms with Crippen molar-refractivity contribution in [3.63, 3.8) is 0 Å². The second-order valence-electron chi connectivity index (χ2n) is 24.3. The number of ether oxygens (including phenoxy) is 6. The molecule has 2 fully saturated rings. The van der Waals surface area contributed by atoms with E-state index in [1.165, 1.54) is 161 Å². The van der Waals surface area contributed by atoms with E-state index in [1.807, 2.05) is 6.92 Å². The van der Waals surface area contributed by atoms with E-state index in [9.17, 15) is 19.5 Å². The number of carbonyl (C=O) groups is 3. The smallest absolute Gasteiger partial charge is 0.227 e. The molecule has 2 rings (SSSR count). The Morgan fingerprint density at radius 1 is 0.500 bits per heavy atom. The number of hydrogen-bond acceptors (Lipinski definition) is 10. The highest BCUT2D eigenvalue weighted by molar-refractivity contribution is 5.98. The maximum atomic E-state index is 14.0. The normalized spacial score (nSPS) is 23.7. The number of hydrogen-bond donors (Lipinski definition) is 3. The van der Waals surface area contributed by atoms with Crippen LogP contribution in [0.4, 0.5) is 0 Å². The van der Waals surface area contributed by atoms with Crippen LogP contribution in [0.5, 0.6) is 0 Å². The molecule has 0 aromatic rings. The molecule has 80 heavy (non-hydrogen) atoms. The number of nitrogens with one attached hydrogen (secondary N) is 2. The summed E-state index contributed by atoms with van der Waals surface area (Å²) in [7, 11) is 1.79. The highest BCUT2D eigenvalue weighted by atomic mass is 16.7. The Kier molecular flexibility index (Phi) is 46.7. The van der Waals surface area contributed by atoms with Gasteiger partial charge >= 0.3 is 0 Å². The predicted molar refractivity (Wildman–Crippen MR) is 330 cm³/mol. The summed E-state index contributed by atoms with van der Waals surface area (Å²) in [5, 5.41) is 18.6. The van der Waals surface area contributed by atoms with Crippen molar-refractivity contribution in [3.8, 4) is 0 Å². The third-order valence-electron chi connectivity index (χ3n) is 17.1. The number of aliphatic hydroxyl groups excluding tert-OH is 1. The molecule has 7 unspecified atom stereocenters. The lowest BCUT2D eigenvalue weighted by Crippen LogP contribution is -2.65. The molecular formula is C68H128N2O10. The lowest BCUT2D eigenvalue weighted by molar-refractivity contribution is -0.277. The summed E-state index contributed by atoms with van der Waals surface area (Å²) < 4.78 is 39.3. The maximum Gasteiger partial charge on any atom is 0.227 e. The molecule has 0 radical (unpaired) electrons. The Balaban J connectivity index is 2.17. The van der Waals surface area contributed by atoms with E-state index < -0.39 is 42.8 Å². The molecule has 2 heterocycles. The Morgan fingerprint density at radius 2 is 0.975 bits per heavy atom. The highest BCUT2D eigenvalue weighted by Crippen LogP contribution is 2.33. The van der Waals surface area contributed by atoms with Crippen molar-refractivity contribution in [1.29, 1.82) is 0 Å². The molecule has 470 valence electrons. The molecule has 12 heteroatoms. The summed E-state index contributed by atoms with van der Waals surface area (Å²) in [6.07, 6.45) is 44.3. The van der Waals surface area contributed by atoms with Gasteiger partial charge in [-0.05, 0) is 71.1 Å². The quantitative estimate of drug-likeness (QED) is 0.0305. The van der Waals surface area contributed by atoms with Gasteiger partial charge < -0.3 is 44.2 Å². The SMILES string of the molecule is CCCCCC/C=C\CCCCCCCCCC(=O)NC1C(OC[C@H]2O[C@@H](C)C(NC(=O)CC(=O)CCCCCCCCCCC)C(OCCCCCCCCCC)C2O)O[C@H](CC)[C@@H](C)C1OCCC(CCCCCCC)OC. The van der Waals surface area contributed by atoms with Crippen LogP contribution in [0.15, 0.2) is 12.2 Å². The topological polar surface area (TPSA) is 151 Å².